The normalized spacial score (nSPS) is 10.9. The summed E-state index contributed by atoms with van der Waals surface area (Å²) in [6.45, 7) is 7.55. The lowest BCUT2D eigenvalue weighted by Gasteiger charge is -2.12. The molecule has 0 bridgehead atoms. The quantitative estimate of drug-likeness (QED) is 0.660. The predicted octanol–water partition coefficient (Wildman–Crippen LogP) is 3.76. The predicted molar refractivity (Wildman–Crippen MR) is 103 cm³/mol. The van der Waals surface area contributed by atoms with E-state index in [0.717, 1.165) is 35.6 Å². The van der Waals surface area contributed by atoms with Crippen LogP contribution in [0.1, 0.15) is 30.3 Å². The van der Waals surface area contributed by atoms with Gasteiger partial charge < -0.3 is 14.6 Å². The first-order valence-electron chi connectivity index (χ1n) is 8.94. The Bertz CT molecular complexity index is 915. The van der Waals surface area contributed by atoms with Crippen LogP contribution in [0.15, 0.2) is 42.5 Å². The number of hydrogen-bond acceptors (Lipinski definition) is 3. The largest absolute Gasteiger partial charge is 0.493 e. The third-order valence-electron chi connectivity index (χ3n) is 4.57. The van der Waals surface area contributed by atoms with Crippen LogP contribution in [-0.2, 0) is 17.9 Å². The van der Waals surface area contributed by atoms with Crippen LogP contribution in [0, 0.1) is 13.8 Å². The van der Waals surface area contributed by atoms with Crippen molar-refractivity contribution in [3.05, 3.63) is 59.4 Å². The topological polar surface area (TPSA) is 56.2 Å². The van der Waals surface area contributed by atoms with Crippen molar-refractivity contribution in [1.29, 1.82) is 0 Å². The van der Waals surface area contributed by atoms with E-state index in [0.29, 0.717) is 13.2 Å². The zero-order valence-electron chi connectivity index (χ0n) is 15.6. The van der Waals surface area contributed by atoms with Crippen molar-refractivity contribution in [2.45, 2.75) is 40.3 Å². The number of para-hydroxylation sites is 2. The Morgan fingerprint density at radius 1 is 1.15 bits per heavy atom. The molecule has 5 nitrogen and oxygen atoms in total. The number of aromatic nitrogens is 2. The van der Waals surface area contributed by atoms with Gasteiger partial charge in [-0.05, 0) is 49.6 Å². The lowest BCUT2D eigenvalue weighted by Crippen LogP contribution is -2.22. The van der Waals surface area contributed by atoms with E-state index >= 15 is 0 Å². The zero-order chi connectivity index (χ0) is 18.5. The highest BCUT2D eigenvalue weighted by atomic mass is 16.5. The SMILES string of the molecule is CC(=O)NCc1nc2ccccc2n1CCCOc1cccc(C)c1C. The Hall–Kier alpha value is -2.82. The molecule has 1 aromatic heterocycles. The number of aryl methyl sites for hydroxylation is 2. The second-order valence-corrected chi connectivity index (χ2v) is 6.48. The second-order valence-electron chi connectivity index (χ2n) is 6.48. The number of hydrogen-bond donors (Lipinski definition) is 1. The first-order chi connectivity index (χ1) is 12.6. The summed E-state index contributed by atoms with van der Waals surface area (Å²) in [5.41, 5.74) is 4.45. The van der Waals surface area contributed by atoms with Crippen LogP contribution in [0.2, 0.25) is 0 Å². The number of fused-ring (bicyclic) bond motifs is 1. The third kappa shape index (κ3) is 4.04. The molecule has 0 saturated heterocycles. The maximum atomic E-state index is 11.3. The Morgan fingerprint density at radius 3 is 2.77 bits per heavy atom. The molecule has 2 aromatic carbocycles. The van der Waals surface area contributed by atoms with Gasteiger partial charge in [-0.15, -0.1) is 0 Å². The molecule has 26 heavy (non-hydrogen) atoms. The number of carbonyl (C=O) groups excluding carboxylic acids is 1. The van der Waals surface area contributed by atoms with Crippen LogP contribution in [0.4, 0.5) is 0 Å². The molecule has 1 heterocycles. The minimum absolute atomic E-state index is 0.0538. The fourth-order valence-electron chi connectivity index (χ4n) is 3.00. The molecule has 3 rings (SSSR count). The Kier molecular flexibility index (Phi) is 5.56. The number of nitrogens with one attached hydrogen (secondary N) is 1. The number of benzene rings is 2. The molecule has 0 aliphatic heterocycles. The first kappa shape index (κ1) is 18.0. The molecule has 1 amide bonds. The van der Waals surface area contributed by atoms with Gasteiger partial charge in [0, 0.05) is 13.5 Å². The summed E-state index contributed by atoms with van der Waals surface area (Å²) in [5, 5.41) is 2.84. The zero-order valence-corrected chi connectivity index (χ0v) is 15.6. The molecule has 5 heteroatoms. The van der Waals surface area contributed by atoms with Gasteiger partial charge in [-0.2, -0.15) is 0 Å². The van der Waals surface area contributed by atoms with E-state index in [-0.39, 0.29) is 5.91 Å². The summed E-state index contributed by atoms with van der Waals surface area (Å²) in [6, 6.07) is 14.2. The van der Waals surface area contributed by atoms with Crippen molar-refractivity contribution >= 4 is 16.9 Å². The van der Waals surface area contributed by atoms with E-state index in [9.17, 15) is 4.79 Å². The molecule has 136 valence electrons. The molecule has 0 spiro atoms. The van der Waals surface area contributed by atoms with E-state index in [1.807, 2.05) is 30.3 Å². The summed E-state index contributed by atoms with van der Waals surface area (Å²) in [5.74, 6) is 1.76. The molecule has 0 radical (unpaired) electrons. The van der Waals surface area contributed by atoms with Gasteiger partial charge in [0.2, 0.25) is 5.91 Å². The van der Waals surface area contributed by atoms with E-state index in [4.69, 9.17) is 4.74 Å². The minimum Gasteiger partial charge on any atom is -0.493 e. The van der Waals surface area contributed by atoms with Crippen molar-refractivity contribution in [3.8, 4) is 5.75 Å². The van der Waals surface area contributed by atoms with Gasteiger partial charge in [-0.1, -0.05) is 24.3 Å². The molecule has 0 atom stereocenters. The van der Waals surface area contributed by atoms with Crippen LogP contribution in [0.25, 0.3) is 11.0 Å². The highest BCUT2D eigenvalue weighted by Crippen LogP contribution is 2.21. The third-order valence-corrected chi connectivity index (χ3v) is 4.57. The first-order valence-corrected chi connectivity index (χ1v) is 8.94. The van der Waals surface area contributed by atoms with Crippen LogP contribution in [0.3, 0.4) is 0 Å². The molecule has 0 aliphatic rings. The average Bonchev–Trinajstić information content (AvgIpc) is 2.98. The molecule has 0 fully saturated rings. The van der Waals surface area contributed by atoms with Crippen LogP contribution in [-0.4, -0.2) is 22.1 Å². The summed E-state index contributed by atoms with van der Waals surface area (Å²) in [4.78, 5) is 15.9. The van der Waals surface area contributed by atoms with Crippen LogP contribution >= 0.6 is 0 Å². The molecular weight excluding hydrogens is 326 g/mol. The average molecular weight is 351 g/mol. The number of carbonyl (C=O) groups is 1. The van der Waals surface area contributed by atoms with Gasteiger partial charge in [0.05, 0.1) is 24.2 Å². The lowest BCUT2D eigenvalue weighted by atomic mass is 10.1. The number of rotatable bonds is 7. The van der Waals surface area contributed by atoms with E-state index in [2.05, 4.69) is 40.8 Å². The van der Waals surface area contributed by atoms with Gasteiger partial charge >= 0.3 is 0 Å². The lowest BCUT2D eigenvalue weighted by molar-refractivity contribution is -0.119. The summed E-state index contributed by atoms with van der Waals surface area (Å²) < 4.78 is 8.13. The highest BCUT2D eigenvalue weighted by molar-refractivity contribution is 5.76. The maximum absolute atomic E-state index is 11.3. The number of amides is 1. The molecular formula is C21H25N3O2. The molecule has 0 unspecified atom stereocenters. The van der Waals surface area contributed by atoms with Crippen molar-refractivity contribution in [1.82, 2.24) is 14.9 Å². The highest BCUT2D eigenvalue weighted by Gasteiger charge is 2.10. The van der Waals surface area contributed by atoms with Gasteiger partial charge in [0.15, 0.2) is 0 Å². The number of ether oxygens (including phenoxy) is 1. The van der Waals surface area contributed by atoms with E-state index in [1.165, 1.54) is 18.1 Å². The van der Waals surface area contributed by atoms with E-state index < -0.39 is 0 Å². The van der Waals surface area contributed by atoms with Gasteiger partial charge in [0.25, 0.3) is 0 Å². The van der Waals surface area contributed by atoms with E-state index in [1.54, 1.807) is 0 Å². The minimum atomic E-state index is -0.0538. The van der Waals surface area contributed by atoms with Crippen molar-refractivity contribution in [2.24, 2.45) is 0 Å². The fourth-order valence-corrected chi connectivity index (χ4v) is 3.00. The second kappa shape index (κ2) is 8.04. The van der Waals surface area contributed by atoms with Crippen LogP contribution in [0.5, 0.6) is 5.75 Å². The van der Waals surface area contributed by atoms with Crippen molar-refractivity contribution < 1.29 is 9.53 Å². The Balaban J connectivity index is 1.68. The number of imidazole rings is 1. The van der Waals surface area contributed by atoms with Crippen molar-refractivity contribution in [2.75, 3.05) is 6.61 Å². The smallest absolute Gasteiger partial charge is 0.217 e. The molecule has 3 aromatic rings. The van der Waals surface area contributed by atoms with Crippen LogP contribution < -0.4 is 10.1 Å². The Labute approximate surface area is 154 Å². The standard InChI is InChI=1S/C21H25N3O2/c1-15-8-6-11-20(16(15)2)26-13-7-12-24-19-10-5-4-9-18(19)23-21(24)14-22-17(3)25/h4-6,8-11H,7,12-14H2,1-3H3,(H,22,25). The summed E-state index contributed by atoms with van der Waals surface area (Å²) in [7, 11) is 0. The van der Waals surface area contributed by atoms with Gasteiger partial charge in [-0.25, -0.2) is 4.98 Å². The molecule has 1 N–H and O–H groups in total. The fraction of sp³-hybridized carbons (Fsp3) is 0.333. The van der Waals surface area contributed by atoms with Crippen molar-refractivity contribution in [3.63, 3.8) is 0 Å². The number of nitrogens with zero attached hydrogens (tertiary/aromatic N) is 2. The monoisotopic (exact) mass is 351 g/mol. The Morgan fingerprint density at radius 2 is 1.96 bits per heavy atom. The summed E-state index contributed by atoms with van der Waals surface area (Å²) >= 11 is 0. The summed E-state index contributed by atoms with van der Waals surface area (Å²) in [6.07, 6.45) is 0.862. The molecule has 0 saturated carbocycles. The maximum Gasteiger partial charge on any atom is 0.217 e. The van der Waals surface area contributed by atoms with Gasteiger partial charge in [-0.3, -0.25) is 4.79 Å². The van der Waals surface area contributed by atoms with Gasteiger partial charge in [0.1, 0.15) is 11.6 Å². The molecule has 0 aliphatic carbocycles.